The lowest BCUT2D eigenvalue weighted by atomic mass is 9.67. The third kappa shape index (κ3) is 3.13. The van der Waals surface area contributed by atoms with Gasteiger partial charge in [-0.2, -0.15) is 10.4 Å². The Kier molecular flexibility index (Phi) is 4.53. The fourth-order valence-electron chi connectivity index (χ4n) is 3.96. The Morgan fingerprint density at radius 1 is 1.21 bits per heavy atom. The zero-order chi connectivity index (χ0) is 20.8. The van der Waals surface area contributed by atoms with Crippen LogP contribution in [-0.2, 0) is 10.3 Å². The molecule has 0 fully saturated rings. The van der Waals surface area contributed by atoms with Crippen LogP contribution in [0.2, 0.25) is 5.02 Å². The number of aliphatic hydroxyl groups excluding tert-OH is 1. The normalized spacial score (nSPS) is 27.1. The quantitative estimate of drug-likeness (QED) is 0.804. The van der Waals surface area contributed by atoms with Gasteiger partial charge in [-0.1, -0.05) is 23.7 Å². The molecule has 0 bridgehead atoms. The zero-order valence-electron chi connectivity index (χ0n) is 15.8. The van der Waals surface area contributed by atoms with Gasteiger partial charge in [0.05, 0.1) is 17.6 Å². The summed E-state index contributed by atoms with van der Waals surface area (Å²) in [7, 11) is 0. The molecule has 7 heteroatoms. The Morgan fingerprint density at radius 3 is 2.55 bits per heavy atom. The average Bonchev–Trinajstić information content (AvgIpc) is 2.70. The summed E-state index contributed by atoms with van der Waals surface area (Å²) in [6, 6.07) is 14.2. The molecular formula is C22H18ClN3O3. The molecule has 146 valence electrons. The minimum absolute atomic E-state index is 0.434. The number of carbonyl (C=O) groups excluding carboxylic acids is 1. The molecule has 3 unspecified atom stereocenters. The molecule has 0 spiro atoms. The summed E-state index contributed by atoms with van der Waals surface area (Å²) in [4.78, 5) is 11.8. The van der Waals surface area contributed by atoms with E-state index in [9.17, 15) is 15.2 Å². The van der Waals surface area contributed by atoms with Crippen molar-refractivity contribution in [2.75, 3.05) is 0 Å². The molecular weight excluding hydrogens is 390 g/mol. The minimum atomic E-state index is -1.16. The van der Waals surface area contributed by atoms with Crippen molar-refractivity contribution in [3.05, 3.63) is 76.3 Å². The Hall–Kier alpha value is -3.01. The number of rotatable bonds is 2. The number of ether oxygens (including phenoxy) is 1. The number of fused-ring (bicyclic) bond motifs is 1. The van der Waals surface area contributed by atoms with Gasteiger partial charge in [0.25, 0.3) is 5.91 Å². The minimum Gasteiger partial charge on any atom is -0.485 e. The van der Waals surface area contributed by atoms with Crippen LogP contribution in [0, 0.1) is 11.3 Å². The van der Waals surface area contributed by atoms with Gasteiger partial charge < -0.3 is 9.84 Å². The summed E-state index contributed by atoms with van der Waals surface area (Å²) in [6.07, 6.45) is 2.00. The van der Waals surface area contributed by atoms with Gasteiger partial charge in [-0.15, -0.1) is 5.11 Å². The number of nitriles is 1. The molecule has 3 atom stereocenters. The molecule has 0 saturated carbocycles. The van der Waals surface area contributed by atoms with Crippen LogP contribution >= 0.6 is 11.6 Å². The first-order valence-electron chi connectivity index (χ1n) is 9.10. The van der Waals surface area contributed by atoms with E-state index in [-0.39, 0.29) is 0 Å². The number of azo groups is 1. The summed E-state index contributed by atoms with van der Waals surface area (Å²) >= 11 is 6.07. The first-order valence-corrected chi connectivity index (χ1v) is 9.48. The highest BCUT2D eigenvalue weighted by Crippen LogP contribution is 2.53. The number of benzene rings is 2. The van der Waals surface area contributed by atoms with Crippen LogP contribution in [0.4, 0.5) is 0 Å². The third-order valence-electron chi connectivity index (χ3n) is 5.45. The predicted molar refractivity (Wildman–Crippen MR) is 107 cm³/mol. The van der Waals surface area contributed by atoms with E-state index in [4.69, 9.17) is 16.3 Å². The number of carbonyl (C=O) groups is 1. The van der Waals surface area contributed by atoms with Crippen molar-refractivity contribution < 1.29 is 14.6 Å². The second-order valence-electron chi connectivity index (χ2n) is 7.70. The van der Waals surface area contributed by atoms with Crippen LogP contribution in [0.15, 0.2) is 64.8 Å². The molecule has 0 radical (unpaired) electrons. The molecule has 2 aliphatic rings. The maximum absolute atomic E-state index is 11.8. The van der Waals surface area contributed by atoms with Crippen molar-refractivity contribution in [1.82, 2.24) is 0 Å². The van der Waals surface area contributed by atoms with E-state index in [1.54, 1.807) is 62.4 Å². The van der Waals surface area contributed by atoms with Crippen molar-refractivity contribution in [3.8, 4) is 11.8 Å². The van der Waals surface area contributed by atoms with Crippen molar-refractivity contribution in [2.45, 2.75) is 37.0 Å². The molecule has 1 amide bonds. The van der Waals surface area contributed by atoms with E-state index in [0.717, 1.165) is 0 Å². The second-order valence-corrected chi connectivity index (χ2v) is 8.13. The Bertz CT molecular complexity index is 1070. The highest BCUT2D eigenvalue weighted by Gasteiger charge is 2.54. The van der Waals surface area contributed by atoms with Crippen LogP contribution in [0.5, 0.6) is 5.75 Å². The van der Waals surface area contributed by atoms with E-state index in [2.05, 4.69) is 16.3 Å². The van der Waals surface area contributed by atoms with E-state index < -0.39 is 29.1 Å². The molecule has 2 heterocycles. The number of hydrogen-bond acceptors (Lipinski definition) is 5. The molecule has 2 aromatic rings. The zero-order valence-corrected chi connectivity index (χ0v) is 16.6. The molecule has 29 heavy (non-hydrogen) atoms. The third-order valence-corrected chi connectivity index (χ3v) is 5.70. The first kappa shape index (κ1) is 19.3. The lowest BCUT2D eigenvalue weighted by molar-refractivity contribution is -0.114. The number of nitrogens with zero attached hydrogens (tertiary/aromatic N) is 3. The number of aliphatic hydroxyl groups is 1. The van der Waals surface area contributed by atoms with Crippen molar-refractivity contribution in [1.29, 1.82) is 5.26 Å². The van der Waals surface area contributed by atoms with Gasteiger partial charge in [-0.3, -0.25) is 4.79 Å². The average molecular weight is 408 g/mol. The Balaban J connectivity index is 2.01. The Morgan fingerprint density at radius 2 is 1.93 bits per heavy atom. The van der Waals surface area contributed by atoms with Gasteiger partial charge in [0.2, 0.25) is 0 Å². The molecule has 0 aromatic heterocycles. The van der Waals surface area contributed by atoms with Crippen LogP contribution in [0.25, 0.3) is 0 Å². The summed E-state index contributed by atoms with van der Waals surface area (Å²) in [5.41, 5.74) is -0.325. The maximum atomic E-state index is 11.8. The fourth-order valence-corrected chi connectivity index (χ4v) is 4.09. The summed E-state index contributed by atoms with van der Waals surface area (Å²) in [5, 5.41) is 29.5. The molecule has 2 aromatic carbocycles. The van der Waals surface area contributed by atoms with Crippen molar-refractivity contribution in [3.63, 3.8) is 0 Å². The summed E-state index contributed by atoms with van der Waals surface area (Å²) < 4.78 is 6.03. The smallest absolute Gasteiger partial charge is 0.287 e. The van der Waals surface area contributed by atoms with E-state index in [1.165, 1.54) is 6.08 Å². The van der Waals surface area contributed by atoms with Gasteiger partial charge in [-0.05, 0) is 55.8 Å². The molecule has 6 nitrogen and oxygen atoms in total. The number of hydrogen-bond donors (Lipinski definition) is 1. The Labute approximate surface area is 173 Å². The molecule has 4 rings (SSSR count). The van der Waals surface area contributed by atoms with Gasteiger partial charge in [0.1, 0.15) is 23.0 Å². The van der Waals surface area contributed by atoms with Gasteiger partial charge in [-0.25, -0.2) is 0 Å². The first-order chi connectivity index (χ1) is 13.8. The number of amides is 1. The monoisotopic (exact) mass is 407 g/mol. The van der Waals surface area contributed by atoms with E-state index in [1.807, 2.05) is 0 Å². The van der Waals surface area contributed by atoms with Gasteiger partial charge in [0.15, 0.2) is 0 Å². The maximum Gasteiger partial charge on any atom is 0.287 e. The molecule has 0 saturated heterocycles. The van der Waals surface area contributed by atoms with E-state index >= 15 is 0 Å². The fraction of sp³-hybridized carbons (Fsp3) is 0.273. The van der Waals surface area contributed by atoms with Crippen LogP contribution in [-0.4, -0.2) is 22.7 Å². The van der Waals surface area contributed by atoms with Crippen LogP contribution < -0.4 is 4.74 Å². The summed E-state index contributed by atoms with van der Waals surface area (Å²) in [5.74, 6) is -0.566. The molecule has 0 aliphatic carbocycles. The van der Waals surface area contributed by atoms with E-state index in [0.29, 0.717) is 27.5 Å². The standard InChI is InChI=1S/C22H18ClN3O3/c1-21(2)20(28)19(16-11-13(12-24)3-8-17(16)29-21)22(10-9-18(27)25-26-22)14-4-6-15(23)7-5-14/h3-11,19-20,28H,1-2H3. The van der Waals surface area contributed by atoms with Crippen LogP contribution in [0.1, 0.15) is 36.5 Å². The second kappa shape index (κ2) is 6.80. The largest absolute Gasteiger partial charge is 0.485 e. The highest BCUT2D eigenvalue weighted by atomic mass is 35.5. The molecule has 1 N–H and O–H groups in total. The summed E-state index contributed by atoms with van der Waals surface area (Å²) in [6.45, 7) is 3.58. The molecule has 2 aliphatic heterocycles. The van der Waals surface area contributed by atoms with Crippen molar-refractivity contribution >= 4 is 17.5 Å². The van der Waals surface area contributed by atoms with Gasteiger partial charge in [0, 0.05) is 16.7 Å². The van der Waals surface area contributed by atoms with Crippen molar-refractivity contribution in [2.24, 2.45) is 10.2 Å². The lowest BCUT2D eigenvalue weighted by Gasteiger charge is -2.48. The van der Waals surface area contributed by atoms with Crippen LogP contribution in [0.3, 0.4) is 0 Å². The topological polar surface area (TPSA) is 95.0 Å². The predicted octanol–water partition coefficient (Wildman–Crippen LogP) is 4.27. The number of halogens is 1. The SMILES string of the molecule is CC1(C)Oc2ccc(C#N)cc2C(C2(c3ccc(Cl)cc3)C=CC(=O)N=N2)C1O. The lowest BCUT2D eigenvalue weighted by Crippen LogP contribution is -2.54. The highest BCUT2D eigenvalue weighted by molar-refractivity contribution is 6.30. The van der Waals surface area contributed by atoms with Gasteiger partial charge >= 0.3 is 0 Å².